The summed E-state index contributed by atoms with van der Waals surface area (Å²) in [6, 6.07) is 9.48. The Kier molecular flexibility index (Phi) is 6.77. The maximum absolute atomic E-state index is 12.0. The largest absolute Gasteiger partial charge is 0.446 e. The van der Waals surface area contributed by atoms with E-state index in [9.17, 15) is 4.79 Å². The summed E-state index contributed by atoms with van der Waals surface area (Å²) < 4.78 is 10.6. The van der Waals surface area contributed by atoms with E-state index in [0.717, 1.165) is 12.0 Å². The molecule has 23 heavy (non-hydrogen) atoms. The molecule has 0 saturated heterocycles. The second kappa shape index (κ2) is 9.07. The van der Waals surface area contributed by atoms with Crippen LogP contribution in [0.4, 0.5) is 0 Å². The van der Waals surface area contributed by atoms with Crippen molar-refractivity contribution < 1.29 is 13.9 Å². The fourth-order valence-electron chi connectivity index (χ4n) is 2.13. The summed E-state index contributed by atoms with van der Waals surface area (Å²) in [6.07, 6.45) is 2.71. The Bertz CT molecular complexity index is 598. The first-order valence-electron chi connectivity index (χ1n) is 7.81. The maximum Gasteiger partial charge on any atom is 0.273 e. The van der Waals surface area contributed by atoms with E-state index in [4.69, 9.17) is 14.9 Å². The van der Waals surface area contributed by atoms with Crippen LogP contribution in [-0.2, 0) is 11.2 Å². The van der Waals surface area contributed by atoms with Crippen LogP contribution in [0, 0.1) is 0 Å². The Balaban J connectivity index is 1.83. The zero-order valence-electron chi connectivity index (χ0n) is 13.3. The molecule has 0 aliphatic carbocycles. The molecule has 6 heteroatoms. The molecule has 2 aromatic rings. The summed E-state index contributed by atoms with van der Waals surface area (Å²) in [5.74, 6) is 0.108. The van der Waals surface area contributed by atoms with Gasteiger partial charge in [-0.05, 0) is 25.3 Å². The lowest BCUT2D eigenvalue weighted by Crippen LogP contribution is -2.25. The van der Waals surface area contributed by atoms with Gasteiger partial charge in [-0.2, -0.15) is 0 Å². The van der Waals surface area contributed by atoms with Gasteiger partial charge in [0.05, 0.1) is 6.04 Å². The second-order valence-electron chi connectivity index (χ2n) is 5.17. The van der Waals surface area contributed by atoms with Gasteiger partial charge in [0.15, 0.2) is 5.69 Å². The molecule has 2 rings (SSSR count). The molecule has 0 spiro atoms. The Labute approximate surface area is 136 Å². The number of ether oxygens (including phenoxy) is 1. The van der Waals surface area contributed by atoms with E-state index in [1.807, 2.05) is 37.3 Å². The molecule has 0 aliphatic heterocycles. The fraction of sp³-hybridized carbons (Fsp3) is 0.412. The monoisotopic (exact) mass is 317 g/mol. The lowest BCUT2D eigenvalue weighted by Gasteiger charge is -2.07. The van der Waals surface area contributed by atoms with Crippen LogP contribution < -0.4 is 11.1 Å². The van der Waals surface area contributed by atoms with Crippen LogP contribution >= 0.6 is 0 Å². The number of hydrogen-bond donors (Lipinski definition) is 2. The van der Waals surface area contributed by atoms with E-state index in [-0.39, 0.29) is 17.6 Å². The number of amides is 1. The normalized spacial score (nSPS) is 12.1. The standard InChI is InChI=1S/C17H23N3O3/c1-2-22-10-6-9-19-16(21)15-12-23-17(20-15)14(18)11-13-7-4-3-5-8-13/h3-5,7-8,12,14H,2,6,9-11,18H2,1H3,(H,19,21). The van der Waals surface area contributed by atoms with Crippen molar-refractivity contribution in [2.24, 2.45) is 5.73 Å². The molecular formula is C17H23N3O3. The molecule has 6 nitrogen and oxygen atoms in total. The molecule has 1 heterocycles. The van der Waals surface area contributed by atoms with Gasteiger partial charge in [0.25, 0.3) is 5.91 Å². The fourth-order valence-corrected chi connectivity index (χ4v) is 2.13. The van der Waals surface area contributed by atoms with Crippen molar-refractivity contribution in [3.05, 3.63) is 53.7 Å². The van der Waals surface area contributed by atoms with E-state index in [2.05, 4.69) is 10.3 Å². The molecule has 3 N–H and O–H groups in total. The third kappa shape index (κ3) is 5.50. The van der Waals surface area contributed by atoms with Crippen LogP contribution in [0.15, 0.2) is 41.0 Å². The number of carbonyl (C=O) groups is 1. The Hall–Kier alpha value is -2.18. The molecular weight excluding hydrogens is 294 g/mol. The van der Waals surface area contributed by atoms with Crippen LogP contribution in [0.25, 0.3) is 0 Å². The number of nitrogens with two attached hydrogens (primary N) is 1. The average Bonchev–Trinajstić information content (AvgIpc) is 3.06. The molecule has 0 bridgehead atoms. The van der Waals surface area contributed by atoms with Crippen LogP contribution in [0.2, 0.25) is 0 Å². The van der Waals surface area contributed by atoms with Crippen molar-refractivity contribution in [1.29, 1.82) is 0 Å². The van der Waals surface area contributed by atoms with Gasteiger partial charge in [0.2, 0.25) is 5.89 Å². The minimum atomic E-state index is -0.378. The molecule has 0 fully saturated rings. The SMILES string of the molecule is CCOCCCNC(=O)c1coc(C(N)Cc2ccccc2)n1. The zero-order valence-corrected chi connectivity index (χ0v) is 13.3. The minimum Gasteiger partial charge on any atom is -0.446 e. The summed E-state index contributed by atoms with van der Waals surface area (Å²) in [6.45, 7) is 3.79. The first-order chi connectivity index (χ1) is 11.2. The number of carbonyl (C=O) groups excluding carboxylic acids is 1. The first kappa shape index (κ1) is 17.2. The van der Waals surface area contributed by atoms with Gasteiger partial charge in [-0.1, -0.05) is 30.3 Å². The first-order valence-corrected chi connectivity index (χ1v) is 7.81. The molecule has 124 valence electrons. The predicted molar refractivity (Wildman–Crippen MR) is 87.0 cm³/mol. The minimum absolute atomic E-state index is 0.250. The van der Waals surface area contributed by atoms with Gasteiger partial charge in [0, 0.05) is 19.8 Å². The summed E-state index contributed by atoms with van der Waals surface area (Å²) in [4.78, 5) is 16.1. The van der Waals surface area contributed by atoms with E-state index in [1.54, 1.807) is 0 Å². The van der Waals surface area contributed by atoms with Gasteiger partial charge in [-0.25, -0.2) is 4.98 Å². The molecule has 1 aromatic carbocycles. The summed E-state index contributed by atoms with van der Waals surface area (Å²) in [5, 5.41) is 2.78. The van der Waals surface area contributed by atoms with Gasteiger partial charge in [-0.15, -0.1) is 0 Å². The van der Waals surface area contributed by atoms with Crippen LogP contribution in [-0.4, -0.2) is 30.6 Å². The highest BCUT2D eigenvalue weighted by atomic mass is 16.5. The lowest BCUT2D eigenvalue weighted by atomic mass is 10.1. The van der Waals surface area contributed by atoms with Gasteiger partial charge in [0.1, 0.15) is 6.26 Å². The van der Waals surface area contributed by atoms with Crippen LogP contribution in [0.3, 0.4) is 0 Å². The van der Waals surface area contributed by atoms with Crippen LogP contribution in [0.5, 0.6) is 0 Å². The summed E-state index contributed by atoms with van der Waals surface area (Å²) >= 11 is 0. The van der Waals surface area contributed by atoms with Crippen molar-refractivity contribution in [3.63, 3.8) is 0 Å². The van der Waals surface area contributed by atoms with Crippen LogP contribution in [0.1, 0.15) is 41.3 Å². The number of nitrogens with zero attached hydrogens (tertiary/aromatic N) is 1. The third-order valence-electron chi connectivity index (χ3n) is 3.33. The lowest BCUT2D eigenvalue weighted by molar-refractivity contribution is 0.0939. The highest BCUT2D eigenvalue weighted by Crippen LogP contribution is 2.15. The van der Waals surface area contributed by atoms with Crippen molar-refractivity contribution >= 4 is 5.91 Å². The number of oxazole rings is 1. The molecule has 0 saturated carbocycles. The zero-order chi connectivity index (χ0) is 16.5. The van der Waals surface area contributed by atoms with E-state index < -0.39 is 0 Å². The maximum atomic E-state index is 12.0. The smallest absolute Gasteiger partial charge is 0.273 e. The Morgan fingerprint density at radius 2 is 2.17 bits per heavy atom. The second-order valence-corrected chi connectivity index (χ2v) is 5.17. The van der Waals surface area contributed by atoms with E-state index in [1.165, 1.54) is 6.26 Å². The van der Waals surface area contributed by atoms with Crippen molar-refractivity contribution in [3.8, 4) is 0 Å². The molecule has 0 aliphatic rings. The topological polar surface area (TPSA) is 90.4 Å². The van der Waals surface area contributed by atoms with Crippen molar-refractivity contribution in [2.45, 2.75) is 25.8 Å². The van der Waals surface area contributed by atoms with Crippen molar-refractivity contribution in [1.82, 2.24) is 10.3 Å². The number of rotatable bonds is 9. The Morgan fingerprint density at radius 3 is 2.91 bits per heavy atom. The highest BCUT2D eigenvalue weighted by Gasteiger charge is 2.17. The van der Waals surface area contributed by atoms with Gasteiger partial charge in [-0.3, -0.25) is 4.79 Å². The number of hydrogen-bond acceptors (Lipinski definition) is 5. The number of aromatic nitrogens is 1. The van der Waals surface area contributed by atoms with Crippen molar-refractivity contribution in [2.75, 3.05) is 19.8 Å². The number of nitrogens with one attached hydrogen (secondary N) is 1. The summed E-state index contributed by atoms with van der Waals surface area (Å²) in [5.41, 5.74) is 7.44. The predicted octanol–water partition coefficient (Wildman–Crippen LogP) is 2.07. The van der Waals surface area contributed by atoms with Gasteiger partial charge < -0.3 is 20.2 Å². The molecule has 0 radical (unpaired) electrons. The number of benzene rings is 1. The molecule has 1 amide bonds. The molecule has 1 unspecified atom stereocenters. The van der Waals surface area contributed by atoms with E-state index in [0.29, 0.717) is 32.1 Å². The highest BCUT2D eigenvalue weighted by molar-refractivity contribution is 5.91. The summed E-state index contributed by atoms with van der Waals surface area (Å²) in [7, 11) is 0. The Morgan fingerprint density at radius 1 is 1.39 bits per heavy atom. The van der Waals surface area contributed by atoms with Gasteiger partial charge >= 0.3 is 0 Å². The third-order valence-corrected chi connectivity index (χ3v) is 3.33. The quantitative estimate of drug-likeness (QED) is 0.691. The molecule has 1 atom stereocenters. The average molecular weight is 317 g/mol. The molecule has 1 aromatic heterocycles. The van der Waals surface area contributed by atoms with E-state index >= 15 is 0 Å².